The number of benzene rings is 1. The van der Waals surface area contributed by atoms with Gasteiger partial charge in [0.2, 0.25) is 0 Å². The van der Waals surface area contributed by atoms with Crippen LogP contribution in [0.4, 0.5) is 10.1 Å². The maximum Gasteiger partial charge on any atom is 0.341 e. The van der Waals surface area contributed by atoms with Crippen LogP contribution in [-0.4, -0.2) is 18.7 Å². The van der Waals surface area contributed by atoms with E-state index >= 15 is 0 Å². The minimum Gasteiger partial charge on any atom is -0.487 e. The molecule has 1 aliphatic heterocycles. The third kappa shape index (κ3) is 1.83. The van der Waals surface area contributed by atoms with Gasteiger partial charge >= 0.3 is 5.97 Å². The number of methoxy groups -OCH3 is 1. The molecule has 0 aliphatic carbocycles. The summed E-state index contributed by atoms with van der Waals surface area (Å²) in [5.74, 6) is -1.53. The second kappa shape index (κ2) is 4.04. The van der Waals surface area contributed by atoms with Gasteiger partial charge in [0.25, 0.3) is 0 Å². The van der Waals surface area contributed by atoms with Crippen LogP contribution in [0.2, 0.25) is 0 Å². The van der Waals surface area contributed by atoms with Gasteiger partial charge in [-0.3, -0.25) is 0 Å². The first-order chi connectivity index (χ1) is 8.39. The summed E-state index contributed by atoms with van der Waals surface area (Å²) in [7, 11) is 1.13. The molecule has 0 atom stereocenters. The Morgan fingerprint density at radius 2 is 2.22 bits per heavy atom. The van der Waals surface area contributed by atoms with E-state index in [9.17, 15) is 14.1 Å². The van der Waals surface area contributed by atoms with E-state index in [1.807, 2.05) is 0 Å². The zero-order valence-corrected chi connectivity index (χ0v) is 10.2. The van der Waals surface area contributed by atoms with Gasteiger partial charge < -0.3 is 9.47 Å². The Morgan fingerprint density at radius 1 is 1.56 bits per heavy atom. The van der Waals surface area contributed by atoms with Crippen molar-refractivity contribution in [3.8, 4) is 5.75 Å². The molecule has 1 aromatic rings. The second-order valence-corrected chi connectivity index (χ2v) is 4.68. The summed E-state index contributed by atoms with van der Waals surface area (Å²) in [4.78, 5) is 22.2. The van der Waals surface area contributed by atoms with E-state index < -0.39 is 17.4 Å². The predicted octanol–water partition coefficient (Wildman–Crippen LogP) is 2.72. The highest BCUT2D eigenvalue weighted by Gasteiger charge is 2.36. The number of hydrogen-bond donors (Lipinski definition) is 0. The van der Waals surface area contributed by atoms with Crippen molar-refractivity contribution < 1.29 is 18.7 Å². The van der Waals surface area contributed by atoms with E-state index in [-0.39, 0.29) is 11.3 Å². The molecule has 0 spiro atoms. The molecule has 2 rings (SSSR count). The highest BCUT2D eigenvalue weighted by atomic mass is 19.1. The molecule has 0 unspecified atom stereocenters. The summed E-state index contributed by atoms with van der Waals surface area (Å²) < 4.78 is 24.0. The fourth-order valence-electron chi connectivity index (χ4n) is 2.03. The van der Waals surface area contributed by atoms with E-state index in [2.05, 4.69) is 9.91 Å². The highest BCUT2D eigenvalue weighted by Crippen LogP contribution is 2.43. The van der Waals surface area contributed by atoms with Gasteiger partial charge in [-0.2, -0.15) is 0 Å². The van der Waals surface area contributed by atoms with Crippen molar-refractivity contribution in [1.82, 2.24) is 0 Å². The minimum absolute atomic E-state index is 0.302. The molecule has 0 aromatic heterocycles. The van der Waals surface area contributed by atoms with Crippen molar-refractivity contribution in [3.63, 3.8) is 0 Å². The zero-order valence-electron chi connectivity index (χ0n) is 10.2. The topological polar surface area (TPSA) is 65.0 Å². The zero-order chi connectivity index (χ0) is 13.5. The molecule has 0 bridgehead atoms. The largest absolute Gasteiger partial charge is 0.487 e. The average molecular weight is 253 g/mol. The maximum atomic E-state index is 14.0. The van der Waals surface area contributed by atoms with Crippen LogP contribution in [0.25, 0.3) is 0 Å². The maximum absolute atomic E-state index is 14.0. The van der Waals surface area contributed by atoms with Gasteiger partial charge in [0.1, 0.15) is 16.9 Å². The van der Waals surface area contributed by atoms with Gasteiger partial charge in [0.15, 0.2) is 11.5 Å². The van der Waals surface area contributed by atoms with Crippen LogP contribution in [0.1, 0.15) is 29.8 Å². The molecular weight excluding hydrogens is 241 g/mol. The predicted molar refractivity (Wildman–Crippen MR) is 61.6 cm³/mol. The summed E-state index contributed by atoms with van der Waals surface area (Å²) in [6.45, 7) is 3.61. The first-order valence-electron chi connectivity index (χ1n) is 5.35. The number of halogens is 1. The average Bonchev–Trinajstić information content (AvgIpc) is 2.61. The number of fused-ring (bicyclic) bond motifs is 1. The van der Waals surface area contributed by atoms with Crippen molar-refractivity contribution in [1.29, 1.82) is 0 Å². The summed E-state index contributed by atoms with van der Waals surface area (Å²) in [6.07, 6.45) is 0.363. The molecule has 0 radical (unpaired) electrons. The molecule has 1 aliphatic rings. The third-order valence-corrected chi connectivity index (χ3v) is 2.79. The normalized spacial score (nSPS) is 15.8. The monoisotopic (exact) mass is 253 g/mol. The highest BCUT2D eigenvalue weighted by molar-refractivity contribution is 5.92. The number of ether oxygens (including phenoxy) is 2. The van der Waals surface area contributed by atoms with Gasteiger partial charge in [-0.05, 0) is 25.1 Å². The Morgan fingerprint density at radius 3 is 2.78 bits per heavy atom. The van der Waals surface area contributed by atoms with E-state index in [1.54, 1.807) is 13.8 Å². The van der Waals surface area contributed by atoms with Crippen LogP contribution >= 0.6 is 0 Å². The van der Waals surface area contributed by atoms with Crippen LogP contribution in [0, 0.1) is 10.7 Å². The molecule has 1 heterocycles. The van der Waals surface area contributed by atoms with Gasteiger partial charge in [-0.1, -0.05) is 0 Å². The Balaban J connectivity index is 2.64. The van der Waals surface area contributed by atoms with Crippen LogP contribution in [0.15, 0.2) is 11.2 Å². The molecule has 96 valence electrons. The number of rotatable bonds is 2. The summed E-state index contributed by atoms with van der Waals surface area (Å²) in [5, 5.41) is 2.67. The molecular formula is C12H12FNO4. The van der Waals surface area contributed by atoms with Crippen LogP contribution in [-0.2, 0) is 11.2 Å². The molecule has 0 amide bonds. The number of nitrogens with zero attached hydrogens (tertiary/aromatic N) is 1. The van der Waals surface area contributed by atoms with Gasteiger partial charge in [-0.15, -0.1) is 4.91 Å². The van der Waals surface area contributed by atoms with E-state index in [0.29, 0.717) is 17.7 Å². The lowest BCUT2D eigenvalue weighted by Crippen LogP contribution is -2.24. The molecule has 0 fully saturated rings. The fourth-order valence-corrected chi connectivity index (χ4v) is 2.03. The van der Waals surface area contributed by atoms with Crippen molar-refractivity contribution >= 4 is 11.7 Å². The Bertz CT molecular complexity index is 539. The lowest BCUT2D eigenvalue weighted by Gasteiger charge is -2.16. The third-order valence-electron chi connectivity index (χ3n) is 2.79. The van der Waals surface area contributed by atoms with Crippen LogP contribution < -0.4 is 4.74 Å². The quantitative estimate of drug-likeness (QED) is 0.600. The van der Waals surface area contributed by atoms with E-state index in [1.165, 1.54) is 6.07 Å². The summed E-state index contributed by atoms with van der Waals surface area (Å²) >= 11 is 0. The lowest BCUT2D eigenvalue weighted by atomic mass is 9.99. The number of carbonyl (C=O) groups excluding carboxylic acids is 1. The molecule has 0 saturated carbocycles. The van der Waals surface area contributed by atoms with E-state index in [4.69, 9.17) is 4.74 Å². The van der Waals surface area contributed by atoms with Crippen molar-refractivity contribution in [2.45, 2.75) is 25.9 Å². The molecule has 6 heteroatoms. The number of carbonyl (C=O) groups is 1. The molecule has 18 heavy (non-hydrogen) atoms. The number of esters is 1. The Hall–Kier alpha value is -1.98. The first kappa shape index (κ1) is 12.5. The lowest BCUT2D eigenvalue weighted by molar-refractivity contribution is 0.0594. The first-order valence-corrected chi connectivity index (χ1v) is 5.35. The van der Waals surface area contributed by atoms with Gasteiger partial charge in [-0.25, -0.2) is 9.18 Å². The van der Waals surface area contributed by atoms with Gasteiger partial charge in [0.05, 0.1) is 7.11 Å². The van der Waals surface area contributed by atoms with Gasteiger partial charge in [0, 0.05) is 12.0 Å². The number of nitroso groups, excluding NO2 is 1. The fraction of sp³-hybridized carbons (Fsp3) is 0.417. The number of hydrogen-bond acceptors (Lipinski definition) is 5. The standard InChI is InChI=1S/C12H12FNO4/c1-12(2)5-7-8(18-12)4-6(11(15)17-3)9(13)10(7)14-16/h4H,5H2,1-3H3. The summed E-state index contributed by atoms with van der Waals surface area (Å²) in [6, 6.07) is 1.25. The smallest absolute Gasteiger partial charge is 0.341 e. The Labute approximate surface area is 103 Å². The van der Waals surface area contributed by atoms with E-state index in [0.717, 1.165) is 7.11 Å². The molecule has 5 nitrogen and oxygen atoms in total. The SMILES string of the molecule is COC(=O)c1cc2c(c(N=O)c1F)CC(C)(C)O2. The second-order valence-electron chi connectivity index (χ2n) is 4.68. The van der Waals surface area contributed by atoms with Crippen molar-refractivity contribution in [3.05, 3.63) is 27.9 Å². The van der Waals surface area contributed by atoms with Crippen LogP contribution in [0.3, 0.4) is 0 Å². The minimum atomic E-state index is -0.961. The molecule has 1 aromatic carbocycles. The molecule has 0 N–H and O–H groups in total. The van der Waals surface area contributed by atoms with Crippen molar-refractivity contribution in [2.24, 2.45) is 5.18 Å². The molecule has 0 saturated heterocycles. The van der Waals surface area contributed by atoms with Crippen molar-refractivity contribution in [2.75, 3.05) is 7.11 Å². The van der Waals surface area contributed by atoms with Crippen LogP contribution in [0.5, 0.6) is 5.75 Å². The summed E-state index contributed by atoms with van der Waals surface area (Å²) in [5.41, 5.74) is -0.884. The Kier molecular flexibility index (Phi) is 2.80.